The summed E-state index contributed by atoms with van der Waals surface area (Å²) in [5, 5.41) is 0. The number of carbonyl (C=O) groups is 1. The molecule has 0 fully saturated rings. The number of carbonyl (C=O) groups excluding carboxylic acids is 1. The van der Waals surface area contributed by atoms with Crippen LogP contribution in [0.4, 0.5) is 27.6 Å². The largest absolute Gasteiger partial charge is 0.450 e. The SMILES string of the molecule is Nc1ccc(F)c(F)c1CC(=O)C(F)(F)F. The number of nitrogens with two attached hydrogens (primary N) is 1. The first-order chi connectivity index (χ1) is 7.23. The Morgan fingerprint density at radius 3 is 2.31 bits per heavy atom. The van der Waals surface area contributed by atoms with Gasteiger partial charge >= 0.3 is 6.18 Å². The van der Waals surface area contributed by atoms with Crippen molar-refractivity contribution in [2.45, 2.75) is 12.6 Å². The van der Waals surface area contributed by atoms with Crippen molar-refractivity contribution < 1.29 is 26.7 Å². The molecule has 16 heavy (non-hydrogen) atoms. The molecule has 0 unspecified atom stereocenters. The van der Waals surface area contributed by atoms with E-state index >= 15 is 0 Å². The molecule has 1 rings (SSSR count). The molecule has 0 saturated heterocycles. The van der Waals surface area contributed by atoms with E-state index in [2.05, 4.69) is 0 Å². The number of Topliss-reactive ketones (excluding diaryl/α,β-unsaturated/α-hetero) is 1. The van der Waals surface area contributed by atoms with Crippen LogP contribution in [0.3, 0.4) is 0 Å². The third-order valence-electron chi connectivity index (χ3n) is 1.89. The van der Waals surface area contributed by atoms with Crippen LogP contribution < -0.4 is 5.73 Å². The van der Waals surface area contributed by atoms with Crippen LogP contribution in [0.15, 0.2) is 12.1 Å². The zero-order chi connectivity index (χ0) is 12.5. The van der Waals surface area contributed by atoms with E-state index in [4.69, 9.17) is 5.73 Å². The lowest BCUT2D eigenvalue weighted by Crippen LogP contribution is -2.25. The smallest absolute Gasteiger partial charge is 0.398 e. The van der Waals surface area contributed by atoms with Gasteiger partial charge in [0, 0.05) is 17.7 Å². The molecule has 0 bridgehead atoms. The molecule has 7 heteroatoms. The van der Waals surface area contributed by atoms with Gasteiger partial charge in [-0.2, -0.15) is 13.2 Å². The molecule has 0 aromatic heterocycles. The first kappa shape index (κ1) is 12.4. The van der Waals surface area contributed by atoms with Crippen LogP contribution in [-0.2, 0) is 11.2 Å². The van der Waals surface area contributed by atoms with Gasteiger partial charge in [-0.05, 0) is 12.1 Å². The second-order valence-electron chi connectivity index (χ2n) is 3.03. The Kier molecular flexibility index (Phi) is 3.16. The number of nitrogen functional groups attached to an aromatic ring is 1. The van der Waals surface area contributed by atoms with Crippen molar-refractivity contribution in [1.29, 1.82) is 0 Å². The highest BCUT2D eigenvalue weighted by Gasteiger charge is 2.38. The monoisotopic (exact) mass is 239 g/mol. The molecule has 0 heterocycles. The third kappa shape index (κ3) is 2.47. The highest BCUT2D eigenvalue weighted by Crippen LogP contribution is 2.24. The molecule has 0 radical (unpaired) electrons. The number of ketones is 1. The Morgan fingerprint density at radius 2 is 1.81 bits per heavy atom. The molecule has 0 atom stereocenters. The van der Waals surface area contributed by atoms with E-state index in [1.807, 2.05) is 0 Å². The lowest BCUT2D eigenvalue weighted by molar-refractivity contribution is -0.170. The van der Waals surface area contributed by atoms with Gasteiger partial charge in [0.15, 0.2) is 11.6 Å². The molecule has 2 N–H and O–H groups in total. The van der Waals surface area contributed by atoms with Crippen molar-refractivity contribution >= 4 is 11.5 Å². The maximum Gasteiger partial charge on any atom is 0.450 e. The van der Waals surface area contributed by atoms with Crippen molar-refractivity contribution in [2.75, 3.05) is 5.73 Å². The molecule has 0 amide bonds. The fraction of sp³-hybridized carbons (Fsp3) is 0.222. The van der Waals surface area contributed by atoms with Crippen molar-refractivity contribution in [3.05, 3.63) is 29.3 Å². The average Bonchev–Trinajstić information content (AvgIpc) is 2.17. The zero-order valence-electron chi connectivity index (χ0n) is 7.74. The normalized spacial score (nSPS) is 11.6. The van der Waals surface area contributed by atoms with E-state index in [9.17, 15) is 26.7 Å². The van der Waals surface area contributed by atoms with Crippen LogP contribution in [0, 0.1) is 11.6 Å². The summed E-state index contributed by atoms with van der Waals surface area (Å²) in [4.78, 5) is 10.6. The molecule has 0 spiro atoms. The Bertz CT molecular complexity index is 427. The zero-order valence-corrected chi connectivity index (χ0v) is 7.74. The molecule has 1 aromatic carbocycles. The highest BCUT2D eigenvalue weighted by molar-refractivity contribution is 5.87. The lowest BCUT2D eigenvalue weighted by Gasteiger charge is -2.08. The summed E-state index contributed by atoms with van der Waals surface area (Å²) in [5.41, 5.74) is 3.99. The van der Waals surface area contributed by atoms with Crippen molar-refractivity contribution in [3.63, 3.8) is 0 Å². The van der Waals surface area contributed by atoms with Crippen LogP contribution >= 0.6 is 0 Å². The van der Waals surface area contributed by atoms with E-state index in [0.29, 0.717) is 6.07 Å². The van der Waals surface area contributed by atoms with Gasteiger partial charge < -0.3 is 5.73 Å². The van der Waals surface area contributed by atoms with Gasteiger partial charge in [0.2, 0.25) is 5.78 Å². The molecule has 1 aromatic rings. The lowest BCUT2D eigenvalue weighted by atomic mass is 10.1. The number of benzene rings is 1. The standard InChI is InChI=1S/C9H6F5NO/c10-5-1-2-6(15)4(8(5)11)3-7(16)9(12,13)14/h1-2H,3,15H2. The van der Waals surface area contributed by atoms with Crippen molar-refractivity contribution in [3.8, 4) is 0 Å². The second kappa shape index (κ2) is 4.07. The van der Waals surface area contributed by atoms with Gasteiger partial charge in [0.1, 0.15) is 0 Å². The van der Waals surface area contributed by atoms with Crippen LogP contribution in [0.1, 0.15) is 5.56 Å². The second-order valence-corrected chi connectivity index (χ2v) is 3.03. The van der Waals surface area contributed by atoms with Crippen molar-refractivity contribution in [1.82, 2.24) is 0 Å². The first-order valence-corrected chi connectivity index (χ1v) is 4.06. The van der Waals surface area contributed by atoms with Crippen LogP contribution in [0.2, 0.25) is 0 Å². The quantitative estimate of drug-likeness (QED) is 0.635. The summed E-state index contributed by atoms with van der Waals surface area (Å²) < 4.78 is 61.4. The van der Waals surface area contributed by atoms with Gasteiger partial charge in [-0.15, -0.1) is 0 Å². The van der Waals surface area contributed by atoms with E-state index in [-0.39, 0.29) is 0 Å². The predicted octanol–water partition coefficient (Wildman–Crippen LogP) is 2.22. The summed E-state index contributed by atoms with van der Waals surface area (Å²) in [5.74, 6) is -5.06. The molecule has 0 saturated carbocycles. The number of hydrogen-bond donors (Lipinski definition) is 1. The molecule has 0 aliphatic heterocycles. The fourth-order valence-electron chi connectivity index (χ4n) is 1.05. The summed E-state index contributed by atoms with van der Waals surface area (Å²) in [6.07, 6.45) is -6.40. The minimum atomic E-state index is -5.09. The number of halogens is 5. The molecule has 0 aliphatic rings. The number of alkyl halides is 3. The number of anilines is 1. The van der Waals surface area contributed by atoms with E-state index in [1.165, 1.54) is 0 Å². The Labute approximate surface area is 86.9 Å². The van der Waals surface area contributed by atoms with Crippen LogP contribution in [0.25, 0.3) is 0 Å². The molecule has 88 valence electrons. The molecular weight excluding hydrogens is 233 g/mol. The van der Waals surface area contributed by atoms with Gasteiger partial charge in [0.25, 0.3) is 0 Å². The predicted molar refractivity (Wildman–Crippen MR) is 45.5 cm³/mol. The first-order valence-electron chi connectivity index (χ1n) is 4.06. The fourth-order valence-corrected chi connectivity index (χ4v) is 1.05. The van der Waals surface area contributed by atoms with Gasteiger partial charge in [-0.3, -0.25) is 4.79 Å². The number of hydrogen-bond acceptors (Lipinski definition) is 2. The Balaban J connectivity index is 3.07. The summed E-state index contributed by atoms with van der Waals surface area (Å²) in [6, 6.07) is 1.57. The van der Waals surface area contributed by atoms with E-state index in [1.54, 1.807) is 0 Å². The van der Waals surface area contributed by atoms with Crippen molar-refractivity contribution in [2.24, 2.45) is 0 Å². The Morgan fingerprint density at radius 1 is 1.25 bits per heavy atom. The Hall–Kier alpha value is -1.66. The van der Waals surface area contributed by atoms with Crippen LogP contribution in [-0.4, -0.2) is 12.0 Å². The van der Waals surface area contributed by atoms with E-state index < -0.39 is 41.3 Å². The average molecular weight is 239 g/mol. The third-order valence-corrected chi connectivity index (χ3v) is 1.89. The minimum Gasteiger partial charge on any atom is -0.398 e. The topological polar surface area (TPSA) is 43.1 Å². The summed E-state index contributed by atoms with van der Waals surface area (Å²) >= 11 is 0. The summed E-state index contributed by atoms with van der Waals surface area (Å²) in [6.45, 7) is 0. The summed E-state index contributed by atoms with van der Waals surface area (Å²) in [7, 11) is 0. The van der Waals surface area contributed by atoms with Gasteiger partial charge in [-0.25, -0.2) is 8.78 Å². The highest BCUT2D eigenvalue weighted by atomic mass is 19.4. The molecular formula is C9H6F5NO. The van der Waals surface area contributed by atoms with E-state index in [0.717, 1.165) is 6.07 Å². The van der Waals surface area contributed by atoms with Crippen LogP contribution in [0.5, 0.6) is 0 Å². The van der Waals surface area contributed by atoms with Gasteiger partial charge in [-0.1, -0.05) is 0 Å². The number of rotatable bonds is 2. The molecule has 2 nitrogen and oxygen atoms in total. The molecule has 0 aliphatic carbocycles. The maximum atomic E-state index is 13.0. The minimum absolute atomic E-state index is 0.392. The van der Waals surface area contributed by atoms with Gasteiger partial charge in [0.05, 0.1) is 0 Å². The maximum absolute atomic E-state index is 13.0.